The minimum Gasteiger partial charge on any atom is -0.468 e. The molecule has 0 saturated carbocycles. The normalized spacial score (nSPS) is 12.6. The van der Waals surface area contributed by atoms with Crippen molar-refractivity contribution in [3.8, 4) is 0 Å². The van der Waals surface area contributed by atoms with Crippen molar-refractivity contribution in [2.45, 2.75) is 19.4 Å². The van der Waals surface area contributed by atoms with Crippen molar-refractivity contribution in [2.24, 2.45) is 0 Å². The van der Waals surface area contributed by atoms with Gasteiger partial charge < -0.3 is 9.73 Å². The summed E-state index contributed by atoms with van der Waals surface area (Å²) < 4.78 is 31.3. The highest BCUT2D eigenvalue weighted by Crippen LogP contribution is 2.20. The molecule has 0 spiro atoms. The highest BCUT2D eigenvalue weighted by Gasteiger charge is 2.14. The van der Waals surface area contributed by atoms with Crippen molar-refractivity contribution >= 4 is 0 Å². The molecule has 0 fully saturated rings. The largest absolute Gasteiger partial charge is 0.468 e. The lowest BCUT2D eigenvalue weighted by Crippen LogP contribution is -2.22. The summed E-state index contributed by atoms with van der Waals surface area (Å²) in [6, 6.07) is 7.61. The maximum Gasteiger partial charge on any atom is 0.159 e. The Kier molecular flexibility index (Phi) is 4.10. The first-order valence-electron chi connectivity index (χ1n) is 5.91. The minimum atomic E-state index is -0.822. The molecule has 1 unspecified atom stereocenters. The van der Waals surface area contributed by atoms with Crippen LogP contribution in [0.2, 0.25) is 0 Å². The smallest absolute Gasteiger partial charge is 0.159 e. The van der Waals surface area contributed by atoms with Gasteiger partial charge in [0.25, 0.3) is 0 Å². The molecule has 2 aromatic rings. The third-order valence-corrected chi connectivity index (χ3v) is 2.76. The molecule has 4 heteroatoms. The van der Waals surface area contributed by atoms with Crippen LogP contribution in [-0.2, 0) is 6.42 Å². The highest BCUT2D eigenvalue weighted by atomic mass is 19.2. The van der Waals surface area contributed by atoms with Crippen LogP contribution in [-0.4, -0.2) is 6.54 Å². The Morgan fingerprint density at radius 3 is 2.67 bits per heavy atom. The number of furan rings is 1. The van der Waals surface area contributed by atoms with Gasteiger partial charge in [-0.15, -0.1) is 0 Å². The summed E-state index contributed by atoms with van der Waals surface area (Å²) in [6.07, 6.45) is 2.16. The standard InChI is InChI=1S/C14H15F2NO/c1-2-17-13(14-4-3-7-18-14)9-10-5-6-11(15)12(16)8-10/h3-8,13,17H,2,9H2,1H3. The zero-order valence-corrected chi connectivity index (χ0v) is 10.1. The van der Waals surface area contributed by atoms with Crippen molar-refractivity contribution < 1.29 is 13.2 Å². The van der Waals surface area contributed by atoms with Gasteiger partial charge in [-0.2, -0.15) is 0 Å². The Morgan fingerprint density at radius 2 is 2.06 bits per heavy atom. The van der Waals surface area contributed by atoms with E-state index >= 15 is 0 Å². The molecule has 0 aliphatic rings. The molecule has 2 nitrogen and oxygen atoms in total. The molecule has 1 atom stereocenters. The maximum atomic E-state index is 13.1. The van der Waals surface area contributed by atoms with E-state index < -0.39 is 11.6 Å². The molecular weight excluding hydrogens is 236 g/mol. The summed E-state index contributed by atoms with van der Waals surface area (Å²) in [7, 11) is 0. The van der Waals surface area contributed by atoms with Crippen LogP contribution in [0.3, 0.4) is 0 Å². The summed E-state index contributed by atoms with van der Waals surface area (Å²) in [4.78, 5) is 0. The van der Waals surface area contributed by atoms with Crippen LogP contribution < -0.4 is 5.32 Å². The van der Waals surface area contributed by atoms with E-state index in [1.165, 1.54) is 6.07 Å². The molecule has 2 rings (SSSR count). The molecule has 1 aromatic carbocycles. The van der Waals surface area contributed by atoms with E-state index in [0.717, 1.165) is 23.9 Å². The zero-order valence-electron chi connectivity index (χ0n) is 10.1. The van der Waals surface area contributed by atoms with Crippen molar-refractivity contribution in [1.82, 2.24) is 5.32 Å². The molecular formula is C14H15F2NO. The van der Waals surface area contributed by atoms with Crippen LogP contribution in [0, 0.1) is 11.6 Å². The second-order valence-corrected chi connectivity index (χ2v) is 4.08. The second-order valence-electron chi connectivity index (χ2n) is 4.08. The number of rotatable bonds is 5. The topological polar surface area (TPSA) is 25.2 Å². The first-order valence-corrected chi connectivity index (χ1v) is 5.91. The van der Waals surface area contributed by atoms with Gasteiger partial charge in [0, 0.05) is 0 Å². The summed E-state index contributed by atoms with van der Waals surface area (Å²) in [5, 5.41) is 3.26. The molecule has 0 radical (unpaired) electrons. The van der Waals surface area contributed by atoms with E-state index in [4.69, 9.17) is 4.42 Å². The van der Waals surface area contributed by atoms with Gasteiger partial charge in [0.2, 0.25) is 0 Å². The first kappa shape index (κ1) is 12.8. The van der Waals surface area contributed by atoms with Gasteiger partial charge in [0.1, 0.15) is 5.76 Å². The number of halogens is 2. The van der Waals surface area contributed by atoms with Crippen molar-refractivity contribution in [3.63, 3.8) is 0 Å². The SMILES string of the molecule is CCNC(Cc1ccc(F)c(F)c1)c1ccco1. The minimum absolute atomic E-state index is 0.0325. The van der Waals surface area contributed by atoms with E-state index in [0.29, 0.717) is 6.42 Å². The first-order chi connectivity index (χ1) is 8.70. The maximum absolute atomic E-state index is 13.1. The Hall–Kier alpha value is -1.68. The average molecular weight is 251 g/mol. The van der Waals surface area contributed by atoms with E-state index in [1.54, 1.807) is 12.3 Å². The number of benzene rings is 1. The van der Waals surface area contributed by atoms with Crippen molar-refractivity contribution in [3.05, 3.63) is 59.6 Å². The van der Waals surface area contributed by atoms with Gasteiger partial charge in [-0.3, -0.25) is 0 Å². The second kappa shape index (κ2) is 5.78. The van der Waals surface area contributed by atoms with Crippen LogP contribution in [0.1, 0.15) is 24.3 Å². The molecule has 0 saturated heterocycles. The van der Waals surface area contributed by atoms with Gasteiger partial charge in [-0.25, -0.2) is 8.78 Å². The fourth-order valence-electron chi connectivity index (χ4n) is 1.91. The molecule has 18 heavy (non-hydrogen) atoms. The number of hydrogen-bond acceptors (Lipinski definition) is 2. The Balaban J connectivity index is 2.16. The fourth-order valence-corrected chi connectivity index (χ4v) is 1.91. The average Bonchev–Trinajstić information content (AvgIpc) is 2.87. The van der Waals surface area contributed by atoms with E-state index in [2.05, 4.69) is 5.32 Å². The fraction of sp³-hybridized carbons (Fsp3) is 0.286. The molecule has 0 aliphatic heterocycles. The van der Waals surface area contributed by atoms with E-state index in [-0.39, 0.29) is 6.04 Å². The molecule has 0 amide bonds. The molecule has 0 bridgehead atoms. The third kappa shape index (κ3) is 2.96. The Labute approximate surface area is 105 Å². The van der Waals surface area contributed by atoms with Crippen molar-refractivity contribution in [2.75, 3.05) is 6.54 Å². The third-order valence-electron chi connectivity index (χ3n) is 2.76. The summed E-state index contributed by atoms with van der Waals surface area (Å²) >= 11 is 0. The lowest BCUT2D eigenvalue weighted by atomic mass is 10.0. The molecule has 1 heterocycles. The number of likely N-dealkylation sites (N-methyl/N-ethyl adjacent to an activating group) is 1. The van der Waals surface area contributed by atoms with E-state index in [9.17, 15) is 8.78 Å². The highest BCUT2D eigenvalue weighted by molar-refractivity contribution is 5.20. The van der Waals surface area contributed by atoms with Crippen LogP contribution >= 0.6 is 0 Å². The van der Waals surface area contributed by atoms with Crippen LogP contribution in [0.4, 0.5) is 8.78 Å². The van der Waals surface area contributed by atoms with Crippen LogP contribution in [0.5, 0.6) is 0 Å². The Morgan fingerprint density at radius 1 is 1.22 bits per heavy atom. The monoisotopic (exact) mass is 251 g/mol. The summed E-state index contributed by atoms with van der Waals surface area (Å²) in [6.45, 7) is 2.76. The number of hydrogen-bond donors (Lipinski definition) is 1. The van der Waals surface area contributed by atoms with Gasteiger partial charge >= 0.3 is 0 Å². The predicted octanol–water partition coefficient (Wildman–Crippen LogP) is 3.45. The predicted molar refractivity (Wildman–Crippen MR) is 65.2 cm³/mol. The van der Waals surface area contributed by atoms with E-state index in [1.807, 2.05) is 19.1 Å². The summed E-state index contributed by atoms with van der Waals surface area (Å²) in [5.74, 6) is -0.847. The molecule has 96 valence electrons. The lowest BCUT2D eigenvalue weighted by Gasteiger charge is -2.15. The molecule has 1 aromatic heterocycles. The van der Waals surface area contributed by atoms with Gasteiger partial charge in [-0.1, -0.05) is 13.0 Å². The zero-order chi connectivity index (χ0) is 13.0. The lowest BCUT2D eigenvalue weighted by molar-refractivity contribution is 0.415. The number of nitrogens with one attached hydrogen (secondary N) is 1. The van der Waals surface area contributed by atoms with Gasteiger partial charge in [0.05, 0.1) is 12.3 Å². The van der Waals surface area contributed by atoms with Crippen molar-refractivity contribution in [1.29, 1.82) is 0 Å². The van der Waals surface area contributed by atoms with Crippen LogP contribution in [0.25, 0.3) is 0 Å². The quantitative estimate of drug-likeness (QED) is 0.880. The summed E-state index contributed by atoms with van der Waals surface area (Å²) in [5.41, 5.74) is 0.733. The van der Waals surface area contributed by atoms with Gasteiger partial charge in [0.15, 0.2) is 11.6 Å². The molecule has 0 aliphatic carbocycles. The molecule has 1 N–H and O–H groups in total. The van der Waals surface area contributed by atoms with Crippen LogP contribution in [0.15, 0.2) is 41.0 Å². The van der Waals surface area contributed by atoms with Gasteiger partial charge in [-0.05, 0) is 42.8 Å². The Bertz CT molecular complexity index is 497.